The van der Waals surface area contributed by atoms with Crippen molar-refractivity contribution in [2.75, 3.05) is 0 Å². The minimum absolute atomic E-state index is 0.0417. The van der Waals surface area contributed by atoms with Crippen LogP contribution in [0.1, 0.15) is 5.56 Å². The molecule has 0 saturated carbocycles. The van der Waals surface area contributed by atoms with Crippen molar-refractivity contribution in [3.8, 4) is 5.75 Å². The predicted octanol–water partition coefficient (Wildman–Crippen LogP) is 2.36. The van der Waals surface area contributed by atoms with Crippen LogP contribution in [0.4, 0.5) is 0 Å². The second-order valence-electron chi connectivity index (χ2n) is 3.88. The first-order valence-electron chi connectivity index (χ1n) is 5.57. The number of aromatic hydroxyl groups is 1. The average Bonchev–Trinajstić information content (AvgIpc) is 2.43. The van der Waals surface area contributed by atoms with E-state index in [0.29, 0.717) is 0 Å². The standard InChI is InChI=1S/C13H11ClN2O3S/c14-12-8-11(6-7-13(12)17)20(18,19)16-15-9-10-4-2-1-3-5-10/h1-9,16-17H/b15-9+. The average molecular weight is 311 g/mol. The highest BCUT2D eigenvalue weighted by Crippen LogP contribution is 2.25. The first kappa shape index (κ1) is 14.4. The van der Waals surface area contributed by atoms with E-state index in [-0.39, 0.29) is 15.7 Å². The van der Waals surface area contributed by atoms with E-state index in [2.05, 4.69) is 9.93 Å². The van der Waals surface area contributed by atoms with Crippen LogP contribution in [0.2, 0.25) is 5.02 Å². The summed E-state index contributed by atoms with van der Waals surface area (Å²) < 4.78 is 23.8. The van der Waals surface area contributed by atoms with Gasteiger partial charge in [-0.3, -0.25) is 0 Å². The Labute approximate surface area is 121 Å². The molecule has 2 aromatic rings. The van der Waals surface area contributed by atoms with Crippen LogP contribution in [-0.2, 0) is 10.0 Å². The zero-order valence-corrected chi connectivity index (χ0v) is 11.8. The molecule has 2 N–H and O–H groups in total. The molecule has 7 heteroatoms. The van der Waals surface area contributed by atoms with Crippen LogP contribution in [0, 0.1) is 0 Å². The van der Waals surface area contributed by atoms with Crippen LogP contribution in [0.15, 0.2) is 58.5 Å². The Morgan fingerprint density at radius 1 is 1.15 bits per heavy atom. The van der Waals surface area contributed by atoms with Crippen molar-refractivity contribution in [3.63, 3.8) is 0 Å². The second-order valence-corrected chi connectivity index (χ2v) is 5.94. The molecular weight excluding hydrogens is 300 g/mol. The van der Waals surface area contributed by atoms with Crippen LogP contribution in [0.25, 0.3) is 0 Å². The molecule has 0 radical (unpaired) electrons. The quantitative estimate of drug-likeness (QED) is 0.672. The summed E-state index contributed by atoms with van der Waals surface area (Å²) in [6.45, 7) is 0. The molecule has 0 spiro atoms. The number of hydrazone groups is 1. The van der Waals surface area contributed by atoms with Gasteiger partial charge in [-0.05, 0) is 23.8 Å². The third-order valence-electron chi connectivity index (χ3n) is 2.42. The Morgan fingerprint density at radius 3 is 2.50 bits per heavy atom. The lowest BCUT2D eigenvalue weighted by atomic mass is 10.2. The first-order valence-corrected chi connectivity index (χ1v) is 7.43. The first-order chi connectivity index (χ1) is 9.49. The minimum Gasteiger partial charge on any atom is -0.506 e. The molecule has 0 bridgehead atoms. The number of sulfonamides is 1. The van der Waals surface area contributed by atoms with Gasteiger partial charge in [-0.2, -0.15) is 13.5 Å². The van der Waals surface area contributed by atoms with E-state index in [1.807, 2.05) is 18.2 Å². The lowest BCUT2D eigenvalue weighted by molar-refractivity contribution is 0.475. The van der Waals surface area contributed by atoms with E-state index in [1.165, 1.54) is 18.3 Å². The number of hydrogen-bond donors (Lipinski definition) is 2. The summed E-state index contributed by atoms with van der Waals surface area (Å²) in [5.41, 5.74) is 0.763. The SMILES string of the molecule is O=S(=O)(N/N=C/c1ccccc1)c1ccc(O)c(Cl)c1. The molecule has 0 aliphatic heterocycles. The van der Waals surface area contributed by atoms with Crippen molar-refractivity contribution >= 4 is 27.8 Å². The Bertz CT molecular complexity index is 731. The van der Waals surface area contributed by atoms with Gasteiger partial charge in [0.05, 0.1) is 16.1 Å². The van der Waals surface area contributed by atoms with Crippen LogP contribution in [-0.4, -0.2) is 19.7 Å². The monoisotopic (exact) mass is 310 g/mol. The third kappa shape index (κ3) is 3.49. The van der Waals surface area contributed by atoms with Gasteiger partial charge in [-0.25, -0.2) is 4.83 Å². The van der Waals surface area contributed by atoms with Crippen molar-refractivity contribution in [2.45, 2.75) is 4.90 Å². The van der Waals surface area contributed by atoms with Gasteiger partial charge >= 0.3 is 0 Å². The fourth-order valence-electron chi connectivity index (χ4n) is 1.42. The predicted molar refractivity (Wildman–Crippen MR) is 77.5 cm³/mol. The molecule has 2 rings (SSSR count). The Balaban J connectivity index is 2.15. The van der Waals surface area contributed by atoms with Gasteiger partial charge in [0.15, 0.2) is 0 Å². The fourth-order valence-corrected chi connectivity index (χ4v) is 2.48. The largest absolute Gasteiger partial charge is 0.506 e. The van der Waals surface area contributed by atoms with E-state index in [9.17, 15) is 13.5 Å². The summed E-state index contributed by atoms with van der Waals surface area (Å²) in [6.07, 6.45) is 1.39. The topological polar surface area (TPSA) is 78.8 Å². The molecule has 0 amide bonds. The molecule has 104 valence electrons. The Morgan fingerprint density at radius 2 is 1.85 bits per heavy atom. The Hall–Kier alpha value is -2.05. The highest BCUT2D eigenvalue weighted by Gasteiger charge is 2.14. The summed E-state index contributed by atoms with van der Waals surface area (Å²) in [5.74, 6) is -0.182. The van der Waals surface area contributed by atoms with Gasteiger partial charge in [0.25, 0.3) is 10.0 Å². The lowest BCUT2D eigenvalue weighted by Gasteiger charge is -2.04. The van der Waals surface area contributed by atoms with Gasteiger partial charge < -0.3 is 5.11 Å². The van der Waals surface area contributed by atoms with Gasteiger partial charge in [0, 0.05) is 0 Å². The van der Waals surface area contributed by atoms with Crippen molar-refractivity contribution in [2.24, 2.45) is 5.10 Å². The number of nitrogens with one attached hydrogen (secondary N) is 1. The van der Waals surface area contributed by atoms with E-state index < -0.39 is 10.0 Å². The van der Waals surface area contributed by atoms with E-state index in [0.717, 1.165) is 11.6 Å². The zero-order valence-electron chi connectivity index (χ0n) is 10.2. The summed E-state index contributed by atoms with van der Waals surface area (Å²) in [6, 6.07) is 12.6. The van der Waals surface area contributed by atoms with Crippen LogP contribution in [0.5, 0.6) is 5.75 Å². The highest BCUT2D eigenvalue weighted by molar-refractivity contribution is 7.89. The van der Waals surface area contributed by atoms with Gasteiger partial charge in [0.1, 0.15) is 5.75 Å². The van der Waals surface area contributed by atoms with Crippen LogP contribution in [0.3, 0.4) is 0 Å². The molecule has 0 atom stereocenters. The summed E-state index contributed by atoms with van der Waals surface area (Å²) in [5, 5.41) is 12.9. The van der Waals surface area contributed by atoms with Gasteiger partial charge in [-0.1, -0.05) is 41.9 Å². The number of phenols is 1. The summed E-state index contributed by atoms with van der Waals surface area (Å²) >= 11 is 5.67. The van der Waals surface area contributed by atoms with Crippen molar-refractivity contribution < 1.29 is 13.5 Å². The molecule has 0 aliphatic carbocycles. The third-order valence-corrected chi connectivity index (χ3v) is 3.94. The summed E-state index contributed by atoms with van der Waals surface area (Å²) in [4.78, 5) is 1.99. The van der Waals surface area contributed by atoms with Gasteiger partial charge in [-0.15, -0.1) is 0 Å². The molecule has 0 unspecified atom stereocenters. The lowest BCUT2D eigenvalue weighted by Crippen LogP contribution is -2.18. The van der Waals surface area contributed by atoms with Crippen LogP contribution >= 0.6 is 11.6 Å². The molecule has 0 aromatic heterocycles. The highest BCUT2D eigenvalue weighted by atomic mass is 35.5. The number of hydrogen-bond acceptors (Lipinski definition) is 4. The molecule has 20 heavy (non-hydrogen) atoms. The molecule has 0 saturated heterocycles. The van der Waals surface area contributed by atoms with E-state index >= 15 is 0 Å². The van der Waals surface area contributed by atoms with Crippen molar-refractivity contribution in [3.05, 3.63) is 59.1 Å². The second kappa shape index (κ2) is 5.94. The number of halogens is 1. The number of phenolic OH excluding ortho intramolecular Hbond substituents is 1. The number of rotatable bonds is 4. The molecule has 2 aromatic carbocycles. The molecular formula is C13H11ClN2O3S. The van der Waals surface area contributed by atoms with E-state index in [4.69, 9.17) is 11.6 Å². The smallest absolute Gasteiger partial charge is 0.276 e. The molecule has 0 aliphatic rings. The maximum Gasteiger partial charge on any atom is 0.276 e. The normalized spacial score (nSPS) is 11.7. The van der Waals surface area contributed by atoms with Crippen LogP contribution < -0.4 is 4.83 Å². The Kier molecular flexibility index (Phi) is 4.26. The van der Waals surface area contributed by atoms with Crippen molar-refractivity contribution in [1.82, 2.24) is 4.83 Å². The summed E-state index contributed by atoms with van der Waals surface area (Å²) in [7, 11) is -3.81. The number of nitrogens with zero attached hydrogens (tertiary/aromatic N) is 1. The molecule has 0 fully saturated rings. The molecule has 0 heterocycles. The maximum atomic E-state index is 11.9. The zero-order chi connectivity index (χ0) is 14.6. The fraction of sp³-hybridized carbons (Fsp3) is 0. The van der Waals surface area contributed by atoms with Crippen molar-refractivity contribution in [1.29, 1.82) is 0 Å². The molecule has 5 nitrogen and oxygen atoms in total. The van der Waals surface area contributed by atoms with Gasteiger partial charge in [0.2, 0.25) is 0 Å². The van der Waals surface area contributed by atoms with E-state index in [1.54, 1.807) is 12.1 Å². The number of benzene rings is 2. The minimum atomic E-state index is -3.81. The maximum absolute atomic E-state index is 11.9.